The Morgan fingerprint density at radius 1 is 1.50 bits per heavy atom. The average Bonchev–Trinajstić information content (AvgIpc) is 3.19. The summed E-state index contributed by atoms with van der Waals surface area (Å²) in [6.45, 7) is 0. The van der Waals surface area contributed by atoms with E-state index in [1.165, 1.54) is 0 Å². The number of carbonyl (C=O) groups excluding carboxylic acids is 1. The number of nitrogens with two attached hydrogens (primary N) is 1. The standard InChI is InChI=1S/C14H15N3O2S/c1-19-10-4-2-3-8(7-10)12-11(15)13(20-17-12)14(18)16-9-5-6-9/h2-4,7,9H,5-6,15H2,1H3,(H,16,18). The maximum absolute atomic E-state index is 12.0. The van der Waals surface area contributed by atoms with Crippen molar-refractivity contribution in [2.75, 3.05) is 12.8 Å². The average molecular weight is 289 g/mol. The van der Waals surface area contributed by atoms with Crippen LogP contribution >= 0.6 is 11.5 Å². The lowest BCUT2D eigenvalue weighted by Crippen LogP contribution is -2.25. The molecule has 2 aromatic rings. The molecular weight excluding hydrogens is 274 g/mol. The van der Waals surface area contributed by atoms with Gasteiger partial charge in [-0.25, -0.2) is 0 Å². The molecule has 1 heterocycles. The van der Waals surface area contributed by atoms with E-state index in [0.29, 0.717) is 22.3 Å². The second-order valence-electron chi connectivity index (χ2n) is 4.75. The van der Waals surface area contributed by atoms with Crippen LogP contribution in [-0.2, 0) is 0 Å². The van der Waals surface area contributed by atoms with Crippen LogP contribution in [0.4, 0.5) is 5.69 Å². The third kappa shape index (κ3) is 2.46. The van der Waals surface area contributed by atoms with Gasteiger partial charge in [0.05, 0.1) is 12.8 Å². The van der Waals surface area contributed by atoms with Gasteiger partial charge in [-0.05, 0) is 36.5 Å². The Morgan fingerprint density at radius 2 is 2.30 bits per heavy atom. The van der Waals surface area contributed by atoms with Crippen molar-refractivity contribution in [3.63, 3.8) is 0 Å². The molecule has 1 fully saturated rings. The molecule has 104 valence electrons. The van der Waals surface area contributed by atoms with Crippen LogP contribution in [0.5, 0.6) is 5.75 Å². The first-order valence-electron chi connectivity index (χ1n) is 6.39. The zero-order valence-electron chi connectivity index (χ0n) is 11.1. The first-order chi connectivity index (χ1) is 9.69. The van der Waals surface area contributed by atoms with Crippen molar-refractivity contribution in [1.82, 2.24) is 9.69 Å². The second-order valence-corrected chi connectivity index (χ2v) is 5.53. The number of ether oxygens (including phenoxy) is 1. The lowest BCUT2D eigenvalue weighted by molar-refractivity contribution is 0.0956. The summed E-state index contributed by atoms with van der Waals surface area (Å²) in [5.74, 6) is 0.607. The number of carbonyl (C=O) groups is 1. The van der Waals surface area contributed by atoms with Gasteiger partial charge in [-0.2, -0.15) is 4.37 Å². The highest BCUT2D eigenvalue weighted by Gasteiger charge is 2.26. The lowest BCUT2D eigenvalue weighted by atomic mass is 10.1. The number of nitrogen functional groups attached to an aromatic ring is 1. The van der Waals surface area contributed by atoms with Crippen LogP contribution in [0, 0.1) is 0 Å². The summed E-state index contributed by atoms with van der Waals surface area (Å²) in [4.78, 5) is 12.5. The van der Waals surface area contributed by atoms with E-state index in [2.05, 4.69) is 9.69 Å². The third-order valence-corrected chi connectivity index (χ3v) is 4.05. The molecule has 0 saturated heterocycles. The van der Waals surface area contributed by atoms with E-state index in [1.54, 1.807) is 7.11 Å². The number of nitrogens with zero attached hydrogens (tertiary/aromatic N) is 1. The smallest absolute Gasteiger partial charge is 0.265 e. The first kappa shape index (κ1) is 12.9. The quantitative estimate of drug-likeness (QED) is 0.905. The number of amides is 1. The number of benzene rings is 1. The van der Waals surface area contributed by atoms with Gasteiger partial charge in [0.2, 0.25) is 0 Å². The Hall–Kier alpha value is -2.08. The van der Waals surface area contributed by atoms with Crippen LogP contribution in [-0.4, -0.2) is 23.4 Å². The monoisotopic (exact) mass is 289 g/mol. The molecule has 5 nitrogen and oxygen atoms in total. The number of anilines is 1. The van der Waals surface area contributed by atoms with E-state index in [1.807, 2.05) is 24.3 Å². The highest BCUT2D eigenvalue weighted by Crippen LogP contribution is 2.33. The predicted molar refractivity (Wildman–Crippen MR) is 79.0 cm³/mol. The van der Waals surface area contributed by atoms with Gasteiger partial charge in [-0.15, -0.1) is 0 Å². The summed E-state index contributed by atoms with van der Waals surface area (Å²) in [6.07, 6.45) is 2.10. The Morgan fingerprint density at radius 3 is 3.00 bits per heavy atom. The van der Waals surface area contributed by atoms with Crippen LogP contribution in [0.1, 0.15) is 22.5 Å². The zero-order valence-corrected chi connectivity index (χ0v) is 11.9. The minimum absolute atomic E-state index is 0.128. The van der Waals surface area contributed by atoms with Crippen molar-refractivity contribution < 1.29 is 9.53 Å². The van der Waals surface area contributed by atoms with E-state index in [-0.39, 0.29) is 5.91 Å². The molecule has 1 saturated carbocycles. The van der Waals surface area contributed by atoms with Gasteiger partial charge in [-0.3, -0.25) is 4.79 Å². The molecule has 1 aromatic heterocycles. The van der Waals surface area contributed by atoms with Gasteiger partial charge in [0, 0.05) is 11.6 Å². The molecule has 0 unspecified atom stereocenters. The number of aromatic nitrogens is 1. The highest BCUT2D eigenvalue weighted by molar-refractivity contribution is 7.09. The van der Waals surface area contributed by atoms with E-state index in [0.717, 1.165) is 35.7 Å². The topological polar surface area (TPSA) is 77.2 Å². The summed E-state index contributed by atoms with van der Waals surface area (Å²) >= 11 is 1.13. The molecule has 0 atom stereocenters. The van der Waals surface area contributed by atoms with Gasteiger partial charge in [0.25, 0.3) is 5.91 Å². The van der Waals surface area contributed by atoms with Gasteiger partial charge < -0.3 is 15.8 Å². The van der Waals surface area contributed by atoms with Crippen molar-refractivity contribution >= 4 is 23.1 Å². The van der Waals surface area contributed by atoms with Gasteiger partial charge >= 0.3 is 0 Å². The summed E-state index contributed by atoms with van der Waals surface area (Å²) < 4.78 is 9.50. The fourth-order valence-corrected chi connectivity index (χ4v) is 2.64. The Balaban J connectivity index is 1.90. The molecule has 3 N–H and O–H groups in total. The number of hydrogen-bond acceptors (Lipinski definition) is 5. The minimum Gasteiger partial charge on any atom is -0.497 e. The van der Waals surface area contributed by atoms with Crippen molar-refractivity contribution in [3.8, 4) is 17.0 Å². The normalized spacial score (nSPS) is 14.1. The van der Waals surface area contributed by atoms with Gasteiger partial charge in [0.1, 0.15) is 16.3 Å². The van der Waals surface area contributed by atoms with Crippen LogP contribution in [0.2, 0.25) is 0 Å². The van der Waals surface area contributed by atoms with Gasteiger partial charge in [-0.1, -0.05) is 12.1 Å². The molecule has 0 aliphatic heterocycles. The Kier molecular flexibility index (Phi) is 3.31. The zero-order chi connectivity index (χ0) is 14.1. The van der Waals surface area contributed by atoms with Crippen LogP contribution < -0.4 is 15.8 Å². The molecule has 0 spiro atoms. The fourth-order valence-electron chi connectivity index (χ4n) is 1.92. The first-order valence-corrected chi connectivity index (χ1v) is 7.17. The molecule has 1 amide bonds. The molecule has 1 aliphatic carbocycles. The summed E-state index contributed by atoms with van der Waals surface area (Å²) in [5, 5.41) is 2.93. The molecule has 3 rings (SSSR count). The molecule has 0 bridgehead atoms. The molecule has 0 radical (unpaired) electrons. The predicted octanol–water partition coefficient (Wildman–Crippen LogP) is 2.29. The second kappa shape index (κ2) is 5.13. The Bertz CT molecular complexity index is 650. The molecule has 1 aromatic carbocycles. The van der Waals surface area contributed by atoms with Gasteiger partial charge in [0.15, 0.2) is 0 Å². The summed E-state index contributed by atoms with van der Waals surface area (Å²) in [7, 11) is 1.61. The van der Waals surface area contributed by atoms with Crippen molar-refractivity contribution in [3.05, 3.63) is 29.1 Å². The maximum atomic E-state index is 12.0. The largest absolute Gasteiger partial charge is 0.497 e. The Labute approximate surface area is 120 Å². The van der Waals surface area contributed by atoms with E-state index < -0.39 is 0 Å². The number of nitrogens with one attached hydrogen (secondary N) is 1. The lowest BCUT2D eigenvalue weighted by Gasteiger charge is -2.04. The molecule has 1 aliphatic rings. The van der Waals surface area contributed by atoms with E-state index in [4.69, 9.17) is 10.5 Å². The van der Waals surface area contributed by atoms with E-state index in [9.17, 15) is 4.79 Å². The minimum atomic E-state index is -0.128. The number of hydrogen-bond donors (Lipinski definition) is 2. The van der Waals surface area contributed by atoms with Crippen molar-refractivity contribution in [2.24, 2.45) is 0 Å². The SMILES string of the molecule is COc1cccc(-c2nsc(C(=O)NC3CC3)c2N)c1. The summed E-state index contributed by atoms with van der Waals surface area (Å²) in [5.41, 5.74) is 7.99. The molecular formula is C14H15N3O2S. The fraction of sp³-hybridized carbons (Fsp3) is 0.286. The summed E-state index contributed by atoms with van der Waals surface area (Å²) in [6, 6.07) is 7.79. The van der Waals surface area contributed by atoms with Crippen molar-refractivity contribution in [1.29, 1.82) is 0 Å². The number of methoxy groups -OCH3 is 1. The molecule has 20 heavy (non-hydrogen) atoms. The van der Waals surface area contributed by atoms with Crippen LogP contribution in [0.15, 0.2) is 24.3 Å². The van der Waals surface area contributed by atoms with E-state index >= 15 is 0 Å². The third-order valence-electron chi connectivity index (χ3n) is 3.19. The van der Waals surface area contributed by atoms with Crippen molar-refractivity contribution in [2.45, 2.75) is 18.9 Å². The maximum Gasteiger partial charge on any atom is 0.265 e. The highest BCUT2D eigenvalue weighted by atomic mass is 32.1. The molecule has 6 heteroatoms. The number of rotatable bonds is 4. The van der Waals surface area contributed by atoms with Crippen LogP contribution in [0.25, 0.3) is 11.3 Å². The van der Waals surface area contributed by atoms with Crippen LogP contribution in [0.3, 0.4) is 0 Å².